The smallest absolute Gasteiger partial charge is 0.320 e. The van der Waals surface area contributed by atoms with Crippen LogP contribution in [-0.4, -0.2) is 60.2 Å². The lowest BCUT2D eigenvalue weighted by Gasteiger charge is -2.26. The second-order valence-corrected chi connectivity index (χ2v) is 8.00. The van der Waals surface area contributed by atoms with Crippen LogP contribution in [0, 0.1) is 0 Å². The number of hydrogen-bond acceptors (Lipinski definition) is 6. The number of nitrogens with one attached hydrogen (secondary N) is 3. The summed E-state index contributed by atoms with van der Waals surface area (Å²) in [6, 6.07) is 11.6. The monoisotopic (exact) mass is 422 g/mol. The van der Waals surface area contributed by atoms with E-state index in [1.54, 1.807) is 13.3 Å². The molecule has 3 unspecified atom stereocenters. The van der Waals surface area contributed by atoms with Crippen molar-refractivity contribution >= 4 is 28.6 Å². The Morgan fingerprint density at radius 3 is 3.00 bits per heavy atom. The molecule has 0 saturated carbocycles. The van der Waals surface area contributed by atoms with Crippen LogP contribution in [-0.2, 0) is 9.47 Å². The molecule has 2 saturated heterocycles. The molecule has 0 radical (unpaired) electrons. The van der Waals surface area contributed by atoms with E-state index < -0.39 is 0 Å². The van der Waals surface area contributed by atoms with Gasteiger partial charge in [-0.15, -0.1) is 0 Å². The van der Waals surface area contributed by atoms with Gasteiger partial charge >= 0.3 is 6.03 Å². The van der Waals surface area contributed by atoms with Gasteiger partial charge in [0.15, 0.2) is 5.82 Å². The summed E-state index contributed by atoms with van der Waals surface area (Å²) in [5.41, 5.74) is 1.86. The zero-order valence-corrected chi connectivity index (χ0v) is 17.4. The molecule has 0 aliphatic carbocycles. The number of H-pyrrole nitrogens is 1. The van der Waals surface area contributed by atoms with Crippen LogP contribution >= 0.6 is 0 Å². The van der Waals surface area contributed by atoms with Gasteiger partial charge in [0, 0.05) is 32.5 Å². The Bertz CT molecular complexity index is 1060. The molecule has 5 rings (SSSR count). The maximum Gasteiger partial charge on any atom is 0.320 e. The molecule has 2 fully saturated rings. The van der Waals surface area contributed by atoms with E-state index in [0.717, 1.165) is 41.9 Å². The standard InChI is InChI=1S/C22H26N6O3/c1-30-8-7-18(14-5-3-2-4-6-14)24-22(29)25-20-10-19-17(11-23-20)21(27-26-19)28-12-16-9-15(28)13-31-16/h2-6,10-11,15-16,18H,7-9,12-13H2,1H3,(H,26,27)(H2,23,24,25,29). The predicted molar refractivity (Wildman–Crippen MR) is 117 cm³/mol. The summed E-state index contributed by atoms with van der Waals surface area (Å²) in [5, 5.41) is 14.4. The molecule has 3 atom stereocenters. The average molecular weight is 422 g/mol. The van der Waals surface area contributed by atoms with Crippen LogP contribution in [0.3, 0.4) is 0 Å². The number of aromatic amines is 1. The molecule has 4 heterocycles. The third-order valence-electron chi connectivity index (χ3n) is 5.96. The number of nitrogens with zero attached hydrogens (tertiary/aromatic N) is 3. The van der Waals surface area contributed by atoms with Crippen molar-refractivity contribution in [2.45, 2.75) is 31.0 Å². The van der Waals surface area contributed by atoms with Gasteiger partial charge in [-0.3, -0.25) is 10.4 Å². The number of anilines is 2. The molecular weight excluding hydrogens is 396 g/mol. The molecule has 2 aliphatic rings. The van der Waals surface area contributed by atoms with Crippen molar-refractivity contribution in [3.8, 4) is 0 Å². The van der Waals surface area contributed by atoms with Crippen molar-refractivity contribution in [2.24, 2.45) is 0 Å². The molecule has 2 amide bonds. The number of morpholine rings is 1. The van der Waals surface area contributed by atoms with E-state index in [0.29, 0.717) is 31.0 Å². The number of hydrogen-bond donors (Lipinski definition) is 3. The highest BCUT2D eigenvalue weighted by Gasteiger charge is 2.40. The highest BCUT2D eigenvalue weighted by molar-refractivity contribution is 5.94. The summed E-state index contributed by atoms with van der Waals surface area (Å²) in [7, 11) is 1.65. The van der Waals surface area contributed by atoms with Crippen LogP contribution in [0.2, 0.25) is 0 Å². The fraction of sp³-hybridized carbons (Fsp3) is 0.409. The minimum absolute atomic E-state index is 0.156. The fourth-order valence-electron chi connectivity index (χ4n) is 4.40. The number of methoxy groups -OCH3 is 1. The number of pyridine rings is 1. The molecule has 1 aromatic carbocycles. The Kier molecular flexibility index (Phi) is 5.44. The maximum atomic E-state index is 12.6. The van der Waals surface area contributed by atoms with Gasteiger partial charge in [-0.25, -0.2) is 9.78 Å². The number of rotatable bonds is 7. The first kappa shape index (κ1) is 19.8. The third kappa shape index (κ3) is 4.06. The molecule has 2 bridgehead atoms. The Balaban J connectivity index is 1.28. The Hall–Kier alpha value is -3.17. The topological polar surface area (TPSA) is 104 Å². The number of fused-ring (bicyclic) bond motifs is 3. The third-order valence-corrected chi connectivity index (χ3v) is 5.96. The number of aromatic nitrogens is 3. The Morgan fingerprint density at radius 2 is 2.26 bits per heavy atom. The van der Waals surface area contributed by atoms with Gasteiger partial charge in [-0.1, -0.05) is 30.3 Å². The second-order valence-electron chi connectivity index (χ2n) is 8.00. The molecule has 2 aliphatic heterocycles. The fourth-order valence-corrected chi connectivity index (χ4v) is 4.40. The molecule has 31 heavy (non-hydrogen) atoms. The maximum absolute atomic E-state index is 12.6. The van der Waals surface area contributed by atoms with E-state index in [1.165, 1.54) is 0 Å². The van der Waals surface area contributed by atoms with Crippen molar-refractivity contribution in [2.75, 3.05) is 37.1 Å². The van der Waals surface area contributed by atoms with Crippen molar-refractivity contribution in [3.63, 3.8) is 0 Å². The van der Waals surface area contributed by atoms with Crippen LogP contribution in [0.1, 0.15) is 24.4 Å². The van der Waals surface area contributed by atoms with E-state index in [-0.39, 0.29) is 12.1 Å². The molecule has 162 valence electrons. The average Bonchev–Trinajstić information content (AvgIpc) is 3.52. The van der Waals surface area contributed by atoms with Gasteiger partial charge in [0.2, 0.25) is 0 Å². The molecule has 3 aromatic rings. The van der Waals surface area contributed by atoms with E-state index in [4.69, 9.17) is 9.47 Å². The minimum Gasteiger partial charge on any atom is -0.385 e. The summed E-state index contributed by atoms with van der Waals surface area (Å²) in [5.74, 6) is 1.36. The first-order chi connectivity index (χ1) is 15.2. The van der Waals surface area contributed by atoms with Crippen molar-refractivity contribution in [3.05, 3.63) is 48.2 Å². The van der Waals surface area contributed by atoms with Gasteiger partial charge in [0.25, 0.3) is 0 Å². The number of carbonyl (C=O) groups is 1. The highest BCUT2D eigenvalue weighted by Crippen LogP contribution is 2.35. The van der Waals surface area contributed by atoms with Gasteiger partial charge in [-0.2, -0.15) is 5.10 Å². The van der Waals surface area contributed by atoms with E-state index in [2.05, 4.69) is 30.7 Å². The summed E-state index contributed by atoms with van der Waals surface area (Å²) in [4.78, 5) is 19.4. The van der Waals surface area contributed by atoms with Crippen LogP contribution in [0.15, 0.2) is 42.6 Å². The van der Waals surface area contributed by atoms with Gasteiger partial charge in [-0.05, 0) is 18.4 Å². The van der Waals surface area contributed by atoms with Crippen molar-refractivity contribution in [1.82, 2.24) is 20.5 Å². The first-order valence-corrected chi connectivity index (χ1v) is 10.5. The van der Waals surface area contributed by atoms with E-state index in [1.807, 2.05) is 36.4 Å². The molecule has 3 N–H and O–H groups in total. The zero-order chi connectivity index (χ0) is 21.2. The predicted octanol–water partition coefficient (Wildman–Crippen LogP) is 2.83. The summed E-state index contributed by atoms with van der Waals surface area (Å²) < 4.78 is 10.9. The lowest BCUT2D eigenvalue weighted by molar-refractivity contribution is 0.0989. The quantitative estimate of drug-likeness (QED) is 0.541. The van der Waals surface area contributed by atoms with Crippen LogP contribution in [0.5, 0.6) is 0 Å². The second kappa shape index (κ2) is 8.52. The largest absolute Gasteiger partial charge is 0.385 e. The van der Waals surface area contributed by atoms with Crippen LogP contribution in [0.25, 0.3) is 10.9 Å². The van der Waals surface area contributed by atoms with Crippen LogP contribution in [0.4, 0.5) is 16.4 Å². The Labute approximate surface area is 180 Å². The number of amides is 2. The number of urea groups is 1. The molecule has 9 heteroatoms. The van der Waals surface area contributed by atoms with Gasteiger partial charge < -0.3 is 19.7 Å². The van der Waals surface area contributed by atoms with Crippen LogP contribution < -0.4 is 15.5 Å². The zero-order valence-electron chi connectivity index (χ0n) is 17.4. The van der Waals surface area contributed by atoms with E-state index >= 15 is 0 Å². The summed E-state index contributed by atoms with van der Waals surface area (Å²) in [6.45, 7) is 2.15. The summed E-state index contributed by atoms with van der Waals surface area (Å²) >= 11 is 0. The number of benzene rings is 1. The normalized spacial score (nSPS) is 20.9. The lowest BCUT2D eigenvalue weighted by atomic mass is 10.0. The lowest BCUT2D eigenvalue weighted by Crippen LogP contribution is -2.37. The highest BCUT2D eigenvalue weighted by atomic mass is 16.5. The SMILES string of the molecule is COCCC(NC(=O)Nc1cc2[nH]nc(N3CC4CC3CO4)c2cn1)c1ccccc1. The molecule has 9 nitrogen and oxygen atoms in total. The van der Waals surface area contributed by atoms with Crippen molar-refractivity contribution < 1.29 is 14.3 Å². The molecular formula is C22H26N6O3. The van der Waals surface area contributed by atoms with E-state index in [9.17, 15) is 4.79 Å². The first-order valence-electron chi connectivity index (χ1n) is 10.5. The molecule has 2 aromatic heterocycles. The molecule has 0 spiro atoms. The van der Waals surface area contributed by atoms with Crippen molar-refractivity contribution in [1.29, 1.82) is 0 Å². The van der Waals surface area contributed by atoms with Gasteiger partial charge in [0.1, 0.15) is 5.82 Å². The minimum atomic E-state index is -0.314. The Morgan fingerprint density at radius 1 is 1.39 bits per heavy atom. The van der Waals surface area contributed by atoms with Gasteiger partial charge in [0.05, 0.1) is 35.7 Å². The number of carbonyl (C=O) groups excluding carboxylic acids is 1. The summed E-state index contributed by atoms with van der Waals surface area (Å²) in [6.07, 6.45) is 3.78. The number of ether oxygens (including phenoxy) is 2.